The molecule has 0 amide bonds. The minimum absolute atomic E-state index is 1.22. The molecule has 35 heavy (non-hydrogen) atoms. The Bertz CT molecular complexity index is 1330. The summed E-state index contributed by atoms with van der Waals surface area (Å²) in [7, 11) is -2.80. The van der Waals surface area contributed by atoms with Gasteiger partial charge in [0.15, 0.2) is 0 Å². The molecule has 0 atom stereocenters. The van der Waals surface area contributed by atoms with E-state index >= 15 is 0 Å². The van der Waals surface area contributed by atoms with E-state index in [0.29, 0.717) is 0 Å². The maximum absolute atomic E-state index is 2.80. The van der Waals surface area contributed by atoms with Crippen molar-refractivity contribution in [2.45, 2.75) is 13.8 Å². The van der Waals surface area contributed by atoms with Crippen LogP contribution in [0.2, 0.25) is 0 Å². The SMILES string of the molecule is Cc1ccc(N2c3ccccc3N(c3ccc(C)cc3)[Si]2(c2ccccc2)c2ccccc2)cc1. The van der Waals surface area contributed by atoms with Gasteiger partial charge in [0.05, 0.1) is 11.4 Å². The van der Waals surface area contributed by atoms with E-state index in [2.05, 4.69) is 156 Å². The molecule has 0 unspecified atom stereocenters. The lowest BCUT2D eigenvalue weighted by Crippen LogP contribution is -2.75. The van der Waals surface area contributed by atoms with Crippen molar-refractivity contribution in [2.24, 2.45) is 0 Å². The van der Waals surface area contributed by atoms with E-state index in [0.717, 1.165) is 0 Å². The highest BCUT2D eigenvalue weighted by atomic mass is 28.3. The van der Waals surface area contributed by atoms with Crippen LogP contribution in [0.1, 0.15) is 11.1 Å². The number of anilines is 4. The van der Waals surface area contributed by atoms with Gasteiger partial charge >= 0.3 is 8.40 Å². The number of aryl methyl sites for hydroxylation is 2. The summed E-state index contributed by atoms with van der Waals surface area (Å²) in [4.78, 5) is 0. The summed E-state index contributed by atoms with van der Waals surface area (Å²) < 4.78 is 5.29. The van der Waals surface area contributed by atoms with Crippen LogP contribution in [0.3, 0.4) is 0 Å². The standard InChI is InChI=1S/C32H28N2Si/c1-25-17-21-27(22-18-25)33-31-15-9-10-16-32(31)34(28-23-19-26(2)20-24-28)35(33,29-11-5-3-6-12-29)30-13-7-4-8-14-30/h3-24H,1-2H3. The lowest BCUT2D eigenvalue weighted by atomic mass is 10.2. The van der Waals surface area contributed by atoms with Crippen molar-refractivity contribution in [3.8, 4) is 0 Å². The van der Waals surface area contributed by atoms with Gasteiger partial charge in [-0.3, -0.25) is 0 Å². The first-order chi connectivity index (χ1) is 17.2. The Balaban J connectivity index is 1.76. The molecule has 0 saturated carbocycles. The summed E-state index contributed by atoms with van der Waals surface area (Å²) in [6.07, 6.45) is 0. The molecule has 2 nitrogen and oxygen atoms in total. The predicted octanol–water partition coefficient (Wildman–Crippen LogP) is 6.85. The van der Waals surface area contributed by atoms with Crippen LogP contribution in [0.25, 0.3) is 0 Å². The van der Waals surface area contributed by atoms with Gasteiger partial charge in [0, 0.05) is 11.4 Å². The maximum atomic E-state index is 2.65. The van der Waals surface area contributed by atoms with Crippen LogP contribution < -0.4 is 19.5 Å². The van der Waals surface area contributed by atoms with Gasteiger partial charge in [-0.2, -0.15) is 0 Å². The molecular formula is C32H28N2Si. The molecule has 0 bridgehead atoms. The number of benzene rings is 5. The summed E-state index contributed by atoms with van der Waals surface area (Å²) in [5.41, 5.74) is 7.47. The van der Waals surface area contributed by atoms with Gasteiger partial charge in [0.2, 0.25) is 0 Å². The second-order valence-corrected chi connectivity index (χ2v) is 12.6. The van der Waals surface area contributed by atoms with Crippen LogP contribution in [0.15, 0.2) is 133 Å². The maximum Gasteiger partial charge on any atom is 0.340 e. The first-order valence-corrected chi connectivity index (χ1v) is 14.0. The van der Waals surface area contributed by atoms with E-state index in [1.807, 2.05) is 0 Å². The molecule has 0 fully saturated rings. The number of hydrogen-bond acceptors (Lipinski definition) is 2. The van der Waals surface area contributed by atoms with Crippen molar-refractivity contribution >= 4 is 41.5 Å². The largest absolute Gasteiger partial charge is 0.341 e. The zero-order valence-electron chi connectivity index (χ0n) is 20.1. The van der Waals surface area contributed by atoms with Gasteiger partial charge < -0.3 is 9.13 Å². The molecule has 1 heterocycles. The molecule has 0 spiro atoms. The highest BCUT2D eigenvalue weighted by Crippen LogP contribution is 2.50. The van der Waals surface area contributed by atoms with Crippen LogP contribution in [0.4, 0.5) is 22.7 Å². The highest BCUT2D eigenvalue weighted by Gasteiger charge is 2.57. The van der Waals surface area contributed by atoms with Gasteiger partial charge in [0.25, 0.3) is 0 Å². The fourth-order valence-electron chi connectivity index (χ4n) is 5.35. The van der Waals surface area contributed by atoms with Gasteiger partial charge in [-0.25, -0.2) is 0 Å². The highest BCUT2D eigenvalue weighted by molar-refractivity contribution is 7.10. The minimum Gasteiger partial charge on any atom is -0.341 e. The molecule has 0 saturated heterocycles. The van der Waals surface area contributed by atoms with E-state index in [-0.39, 0.29) is 0 Å². The summed E-state index contributed by atoms with van der Waals surface area (Å²) in [5.74, 6) is 0. The first-order valence-electron chi connectivity index (χ1n) is 12.1. The Morgan fingerprint density at radius 3 is 1.11 bits per heavy atom. The average Bonchev–Trinajstić information content (AvgIpc) is 3.22. The Hall–Kier alpha value is -4.08. The van der Waals surface area contributed by atoms with Crippen LogP contribution >= 0.6 is 0 Å². The molecule has 3 heteroatoms. The molecule has 0 N–H and O–H groups in total. The van der Waals surface area contributed by atoms with Crippen molar-refractivity contribution in [1.29, 1.82) is 0 Å². The minimum atomic E-state index is -2.80. The number of para-hydroxylation sites is 2. The molecule has 5 aromatic rings. The summed E-state index contributed by atoms with van der Waals surface area (Å²) >= 11 is 0. The fourth-order valence-corrected chi connectivity index (χ4v) is 10.4. The number of nitrogens with zero attached hydrogens (tertiary/aromatic N) is 2. The van der Waals surface area contributed by atoms with E-state index in [1.54, 1.807) is 0 Å². The van der Waals surface area contributed by atoms with Crippen molar-refractivity contribution in [3.63, 3.8) is 0 Å². The number of fused-ring (bicyclic) bond motifs is 1. The third-order valence-electron chi connectivity index (χ3n) is 6.95. The molecule has 5 aromatic carbocycles. The quantitative estimate of drug-likeness (QED) is 0.266. The third-order valence-corrected chi connectivity index (χ3v) is 11.5. The topological polar surface area (TPSA) is 6.48 Å². The van der Waals surface area contributed by atoms with Crippen molar-refractivity contribution in [2.75, 3.05) is 9.13 Å². The summed E-state index contributed by atoms with van der Waals surface area (Å²) in [6, 6.07) is 49.1. The number of hydrogen-bond donors (Lipinski definition) is 0. The summed E-state index contributed by atoms with van der Waals surface area (Å²) in [6.45, 7) is 4.30. The second kappa shape index (κ2) is 8.61. The molecule has 0 aromatic heterocycles. The van der Waals surface area contributed by atoms with Gasteiger partial charge in [0.1, 0.15) is 0 Å². The van der Waals surface area contributed by atoms with Gasteiger partial charge in [-0.05, 0) is 60.6 Å². The fraction of sp³-hybridized carbons (Fsp3) is 0.0625. The van der Waals surface area contributed by atoms with Crippen LogP contribution in [0.5, 0.6) is 0 Å². The van der Waals surface area contributed by atoms with Crippen molar-refractivity contribution in [3.05, 3.63) is 145 Å². The van der Waals surface area contributed by atoms with Crippen molar-refractivity contribution < 1.29 is 0 Å². The normalized spacial score (nSPS) is 14.1. The molecule has 170 valence electrons. The Kier molecular flexibility index (Phi) is 5.27. The second-order valence-electron chi connectivity index (χ2n) is 9.23. The molecule has 0 aliphatic carbocycles. The third kappa shape index (κ3) is 3.39. The van der Waals surface area contributed by atoms with Crippen LogP contribution in [-0.2, 0) is 0 Å². The molecule has 1 aliphatic rings. The van der Waals surface area contributed by atoms with Crippen molar-refractivity contribution in [1.82, 2.24) is 0 Å². The van der Waals surface area contributed by atoms with Crippen LogP contribution in [-0.4, -0.2) is 8.40 Å². The monoisotopic (exact) mass is 468 g/mol. The Morgan fingerprint density at radius 2 is 0.743 bits per heavy atom. The van der Waals surface area contributed by atoms with E-state index in [9.17, 15) is 0 Å². The molecule has 1 aliphatic heterocycles. The first kappa shape index (κ1) is 21.5. The van der Waals surface area contributed by atoms with Gasteiger partial charge in [-0.15, -0.1) is 0 Å². The van der Waals surface area contributed by atoms with E-state index in [4.69, 9.17) is 0 Å². The molecule has 0 radical (unpaired) electrons. The van der Waals surface area contributed by atoms with E-state index < -0.39 is 8.40 Å². The predicted molar refractivity (Wildman–Crippen MR) is 151 cm³/mol. The van der Waals surface area contributed by atoms with Gasteiger partial charge in [-0.1, -0.05) is 108 Å². The average molecular weight is 469 g/mol. The lowest BCUT2D eigenvalue weighted by Gasteiger charge is -2.44. The smallest absolute Gasteiger partial charge is 0.340 e. The zero-order valence-corrected chi connectivity index (χ0v) is 21.1. The molecular weight excluding hydrogens is 440 g/mol. The Morgan fingerprint density at radius 1 is 0.400 bits per heavy atom. The van der Waals surface area contributed by atoms with E-state index in [1.165, 1.54) is 44.2 Å². The van der Waals surface area contributed by atoms with Crippen LogP contribution in [0, 0.1) is 13.8 Å². The summed E-state index contributed by atoms with van der Waals surface area (Å²) in [5, 5.41) is 2.70. The zero-order chi connectivity index (χ0) is 23.8. The Labute approximate surface area is 208 Å². The molecule has 6 rings (SSSR count). The lowest BCUT2D eigenvalue weighted by molar-refractivity contribution is 1.33. The number of rotatable bonds is 4.